The lowest BCUT2D eigenvalue weighted by Gasteiger charge is -2.42. The van der Waals surface area contributed by atoms with Crippen molar-refractivity contribution < 1.29 is 0 Å². The van der Waals surface area contributed by atoms with Crippen molar-refractivity contribution in [3.63, 3.8) is 0 Å². The van der Waals surface area contributed by atoms with E-state index in [-0.39, 0.29) is 0 Å². The van der Waals surface area contributed by atoms with Crippen LogP contribution < -0.4 is 0 Å². The maximum absolute atomic E-state index is 5.35. The van der Waals surface area contributed by atoms with Crippen molar-refractivity contribution >= 4 is 21.8 Å². The fourth-order valence-electron chi connectivity index (χ4n) is 8.23. The SMILES string of the molecule is c1ccc(-c2cc(-c3ccccc3)nc(-c3ccccc3C3(c4ccccc4)c4ccccc4-n4c5ccccc5c5cccc3c54)n2)cc1. The molecule has 2 aromatic heterocycles. The quantitative estimate of drug-likeness (QED) is 0.188. The number of fused-ring (bicyclic) bond motifs is 5. The molecule has 3 heteroatoms. The van der Waals surface area contributed by atoms with Gasteiger partial charge >= 0.3 is 0 Å². The highest BCUT2D eigenvalue weighted by molar-refractivity contribution is 6.12. The second-order valence-corrected chi connectivity index (χ2v) is 12.9. The molecule has 0 radical (unpaired) electrons. The molecule has 3 nitrogen and oxygen atoms in total. The minimum absolute atomic E-state index is 0.669. The summed E-state index contributed by atoms with van der Waals surface area (Å²) >= 11 is 0. The van der Waals surface area contributed by atoms with E-state index in [0.29, 0.717) is 5.82 Å². The number of aromatic nitrogens is 3. The van der Waals surface area contributed by atoms with Crippen LogP contribution in [0.25, 0.3) is 61.4 Å². The average Bonchev–Trinajstić information content (AvgIpc) is 3.55. The van der Waals surface area contributed by atoms with Gasteiger partial charge in [0.05, 0.1) is 33.5 Å². The van der Waals surface area contributed by atoms with Crippen LogP contribution in [-0.4, -0.2) is 14.5 Å². The number of benzene rings is 7. The van der Waals surface area contributed by atoms with Crippen molar-refractivity contribution in [3.05, 3.63) is 210 Å². The van der Waals surface area contributed by atoms with Crippen LogP contribution >= 0.6 is 0 Å². The minimum Gasteiger partial charge on any atom is -0.309 e. The molecule has 1 unspecified atom stereocenters. The Bertz CT molecular complexity index is 2640. The van der Waals surface area contributed by atoms with Gasteiger partial charge in [0.2, 0.25) is 0 Å². The highest BCUT2D eigenvalue weighted by atomic mass is 15.0. The van der Waals surface area contributed by atoms with Gasteiger partial charge in [-0.2, -0.15) is 0 Å². The van der Waals surface area contributed by atoms with Gasteiger partial charge in [-0.15, -0.1) is 0 Å². The Kier molecular flexibility index (Phi) is 6.40. The Morgan fingerprint density at radius 2 is 0.960 bits per heavy atom. The van der Waals surface area contributed by atoms with Crippen molar-refractivity contribution in [2.45, 2.75) is 5.41 Å². The molecule has 0 aliphatic carbocycles. The monoisotopic (exact) mass is 637 g/mol. The van der Waals surface area contributed by atoms with Gasteiger partial charge in [0.25, 0.3) is 0 Å². The van der Waals surface area contributed by atoms with E-state index in [9.17, 15) is 0 Å². The molecule has 234 valence electrons. The van der Waals surface area contributed by atoms with Crippen LogP contribution in [0.1, 0.15) is 22.3 Å². The summed E-state index contributed by atoms with van der Waals surface area (Å²) in [6, 6.07) is 67.2. The molecule has 0 bridgehead atoms. The number of hydrogen-bond donors (Lipinski definition) is 0. The predicted octanol–water partition coefficient (Wildman–Crippen LogP) is 11.3. The first-order valence-electron chi connectivity index (χ1n) is 17.1. The second kappa shape index (κ2) is 11.3. The molecule has 0 spiro atoms. The van der Waals surface area contributed by atoms with Gasteiger partial charge in [-0.1, -0.05) is 170 Å². The van der Waals surface area contributed by atoms with E-state index in [4.69, 9.17) is 9.97 Å². The first-order valence-corrected chi connectivity index (χ1v) is 17.1. The molecule has 3 heterocycles. The molecule has 1 aliphatic heterocycles. The van der Waals surface area contributed by atoms with Crippen LogP contribution in [0.3, 0.4) is 0 Å². The maximum atomic E-state index is 5.35. The number of nitrogens with zero attached hydrogens (tertiary/aromatic N) is 3. The van der Waals surface area contributed by atoms with Crippen LogP contribution in [-0.2, 0) is 5.41 Å². The van der Waals surface area contributed by atoms with E-state index in [1.54, 1.807) is 0 Å². The van der Waals surface area contributed by atoms with Crippen molar-refractivity contribution in [2.24, 2.45) is 0 Å². The lowest BCUT2D eigenvalue weighted by molar-refractivity contribution is 0.728. The van der Waals surface area contributed by atoms with E-state index in [0.717, 1.165) is 33.6 Å². The predicted molar refractivity (Wildman–Crippen MR) is 205 cm³/mol. The standard InChI is InChI=1S/C47H31N3/c1-4-17-32(18-5-1)41-31-42(33-19-6-2-7-20-33)49-46(48-41)37-24-10-12-26-38(37)47(34-21-8-3-9-22-34)39-27-13-15-30-44(39)50-43-29-14-11-23-35(43)36-25-16-28-40(47)45(36)50/h1-31H. The van der Waals surface area contributed by atoms with E-state index in [1.165, 1.54) is 44.2 Å². The van der Waals surface area contributed by atoms with Crippen molar-refractivity contribution in [3.8, 4) is 39.6 Å². The highest BCUT2D eigenvalue weighted by Crippen LogP contribution is 2.55. The molecule has 0 fully saturated rings. The smallest absolute Gasteiger partial charge is 0.160 e. The zero-order chi connectivity index (χ0) is 33.1. The lowest BCUT2D eigenvalue weighted by atomic mass is 9.62. The van der Waals surface area contributed by atoms with E-state index in [1.807, 2.05) is 12.1 Å². The van der Waals surface area contributed by atoms with Crippen LogP contribution in [0.5, 0.6) is 0 Å². The van der Waals surface area contributed by atoms with Crippen LogP contribution in [0.2, 0.25) is 0 Å². The summed E-state index contributed by atoms with van der Waals surface area (Å²) in [7, 11) is 0. The summed E-state index contributed by atoms with van der Waals surface area (Å²) in [6.45, 7) is 0. The van der Waals surface area contributed by atoms with E-state index in [2.05, 4.69) is 180 Å². The maximum Gasteiger partial charge on any atom is 0.160 e. The third-order valence-corrected chi connectivity index (χ3v) is 10.3. The van der Waals surface area contributed by atoms with E-state index < -0.39 is 5.41 Å². The Balaban J connectivity index is 1.35. The molecule has 0 amide bonds. The molecule has 0 saturated carbocycles. The zero-order valence-corrected chi connectivity index (χ0v) is 27.2. The Morgan fingerprint density at radius 1 is 0.420 bits per heavy atom. The summed E-state index contributed by atoms with van der Waals surface area (Å²) in [4.78, 5) is 10.7. The molecule has 0 N–H and O–H groups in total. The molecule has 10 rings (SSSR count). The van der Waals surface area contributed by atoms with Crippen LogP contribution in [0.4, 0.5) is 0 Å². The number of rotatable bonds is 5. The molecular formula is C47H31N3. The van der Waals surface area contributed by atoms with Gasteiger partial charge in [0.15, 0.2) is 5.82 Å². The molecule has 1 atom stereocenters. The number of para-hydroxylation sites is 3. The largest absolute Gasteiger partial charge is 0.309 e. The topological polar surface area (TPSA) is 30.7 Å². The van der Waals surface area contributed by atoms with Gasteiger partial charge < -0.3 is 4.57 Å². The zero-order valence-electron chi connectivity index (χ0n) is 27.2. The van der Waals surface area contributed by atoms with Crippen molar-refractivity contribution in [1.29, 1.82) is 0 Å². The molecule has 0 saturated heterocycles. The highest BCUT2D eigenvalue weighted by Gasteiger charge is 2.46. The third-order valence-electron chi connectivity index (χ3n) is 10.3. The lowest BCUT2D eigenvalue weighted by Crippen LogP contribution is -2.36. The second-order valence-electron chi connectivity index (χ2n) is 12.9. The van der Waals surface area contributed by atoms with Crippen LogP contribution in [0, 0.1) is 0 Å². The molecule has 7 aromatic carbocycles. The fourth-order valence-corrected chi connectivity index (χ4v) is 8.23. The summed E-state index contributed by atoms with van der Waals surface area (Å²) in [6.07, 6.45) is 0. The molecule has 1 aliphatic rings. The summed E-state index contributed by atoms with van der Waals surface area (Å²) < 4.78 is 2.47. The van der Waals surface area contributed by atoms with E-state index >= 15 is 0 Å². The average molecular weight is 638 g/mol. The number of hydrogen-bond acceptors (Lipinski definition) is 2. The van der Waals surface area contributed by atoms with Gasteiger partial charge in [0.1, 0.15) is 0 Å². The van der Waals surface area contributed by atoms with Gasteiger partial charge in [-0.05, 0) is 40.5 Å². The Hall–Kier alpha value is -6.58. The van der Waals surface area contributed by atoms with Crippen molar-refractivity contribution in [1.82, 2.24) is 14.5 Å². The minimum atomic E-state index is -0.669. The van der Waals surface area contributed by atoms with Gasteiger partial charge in [-0.3, -0.25) is 0 Å². The molecule has 50 heavy (non-hydrogen) atoms. The normalized spacial score (nSPS) is 14.9. The first kappa shape index (κ1) is 28.4. The Morgan fingerprint density at radius 3 is 1.68 bits per heavy atom. The summed E-state index contributed by atoms with van der Waals surface area (Å²) in [5, 5.41) is 2.50. The van der Waals surface area contributed by atoms with Crippen molar-refractivity contribution in [2.75, 3.05) is 0 Å². The Labute approximate surface area is 290 Å². The first-order chi connectivity index (χ1) is 24.8. The van der Waals surface area contributed by atoms with Crippen LogP contribution in [0.15, 0.2) is 188 Å². The molecule has 9 aromatic rings. The fraction of sp³-hybridized carbons (Fsp3) is 0.0213. The summed E-state index contributed by atoms with van der Waals surface area (Å²) in [5.74, 6) is 0.701. The third kappa shape index (κ3) is 4.10. The summed E-state index contributed by atoms with van der Waals surface area (Å²) in [5.41, 5.74) is 12.7. The van der Waals surface area contributed by atoms with Gasteiger partial charge in [-0.25, -0.2) is 9.97 Å². The van der Waals surface area contributed by atoms with Gasteiger partial charge in [0, 0.05) is 27.5 Å². The molecular weight excluding hydrogens is 607 g/mol.